The van der Waals surface area contributed by atoms with E-state index in [1.165, 1.54) is 0 Å². The fourth-order valence-corrected chi connectivity index (χ4v) is 2.75. The predicted octanol–water partition coefficient (Wildman–Crippen LogP) is 1.67. The molecular formula is C11H5NO3S2. The SMILES string of the molecule is O=C1NC(=S)SC1=C1OC(=O)c2ccccc21. The molecule has 0 aliphatic carbocycles. The summed E-state index contributed by atoms with van der Waals surface area (Å²) in [6.07, 6.45) is 0. The van der Waals surface area contributed by atoms with Crippen molar-refractivity contribution in [2.75, 3.05) is 0 Å². The van der Waals surface area contributed by atoms with Gasteiger partial charge < -0.3 is 10.1 Å². The molecule has 1 aromatic carbocycles. The molecule has 1 saturated heterocycles. The monoisotopic (exact) mass is 263 g/mol. The molecule has 1 fully saturated rings. The van der Waals surface area contributed by atoms with Gasteiger partial charge in [-0.25, -0.2) is 4.79 Å². The lowest BCUT2D eigenvalue weighted by molar-refractivity contribution is -0.115. The highest BCUT2D eigenvalue weighted by Crippen LogP contribution is 2.38. The lowest BCUT2D eigenvalue weighted by Gasteiger charge is -1.99. The zero-order chi connectivity index (χ0) is 12.0. The second-order valence-electron chi connectivity index (χ2n) is 3.44. The van der Waals surface area contributed by atoms with Crippen LogP contribution in [0.2, 0.25) is 0 Å². The molecule has 0 saturated carbocycles. The van der Waals surface area contributed by atoms with Gasteiger partial charge in [0.1, 0.15) is 9.23 Å². The van der Waals surface area contributed by atoms with Crippen LogP contribution in [-0.2, 0) is 9.53 Å². The van der Waals surface area contributed by atoms with E-state index in [9.17, 15) is 9.59 Å². The van der Waals surface area contributed by atoms with Crippen molar-refractivity contribution < 1.29 is 14.3 Å². The van der Waals surface area contributed by atoms with Crippen LogP contribution in [0.1, 0.15) is 15.9 Å². The van der Waals surface area contributed by atoms with Gasteiger partial charge in [-0.05, 0) is 6.07 Å². The number of benzene rings is 1. The quantitative estimate of drug-likeness (QED) is 0.438. The second kappa shape index (κ2) is 3.68. The third-order valence-electron chi connectivity index (χ3n) is 2.41. The van der Waals surface area contributed by atoms with Crippen LogP contribution in [0.25, 0.3) is 5.76 Å². The standard InChI is InChI=1S/C11H5NO3S2/c13-9-8(17-11(16)12-9)7-5-3-1-2-4-6(5)10(14)15-7/h1-4H,(H,12,13,16). The Morgan fingerprint density at radius 1 is 1.18 bits per heavy atom. The van der Waals surface area contributed by atoms with Gasteiger partial charge in [0.25, 0.3) is 5.91 Å². The number of thioether (sulfide) groups is 1. The first-order valence-electron chi connectivity index (χ1n) is 4.76. The second-order valence-corrected chi connectivity index (χ2v) is 5.12. The lowest BCUT2D eigenvalue weighted by Crippen LogP contribution is -2.18. The van der Waals surface area contributed by atoms with Crippen molar-refractivity contribution in [3.05, 3.63) is 40.3 Å². The number of amides is 1. The fraction of sp³-hybridized carbons (Fsp3) is 0. The van der Waals surface area contributed by atoms with Gasteiger partial charge in [-0.15, -0.1) is 0 Å². The summed E-state index contributed by atoms with van der Waals surface area (Å²) in [4.78, 5) is 23.6. The molecule has 3 rings (SSSR count). The Balaban J connectivity index is 2.19. The summed E-state index contributed by atoms with van der Waals surface area (Å²) in [6, 6.07) is 6.95. The third-order valence-corrected chi connectivity index (χ3v) is 3.62. The van der Waals surface area contributed by atoms with E-state index >= 15 is 0 Å². The molecule has 1 amide bonds. The minimum Gasteiger partial charge on any atom is -0.421 e. The highest BCUT2D eigenvalue weighted by Gasteiger charge is 2.34. The summed E-state index contributed by atoms with van der Waals surface area (Å²) < 4.78 is 5.51. The number of nitrogens with one attached hydrogen (secondary N) is 1. The van der Waals surface area contributed by atoms with Crippen molar-refractivity contribution in [2.24, 2.45) is 0 Å². The van der Waals surface area contributed by atoms with Crippen molar-refractivity contribution in [1.82, 2.24) is 5.32 Å². The van der Waals surface area contributed by atoms with E-state index in [0.717, 1.165) is 11.8 Å². The van der Waals surface area contributed by atoms with Crippen molar-refractivity contribution >= 4 is 45.9 Å². The first-order valence-corrected chi connectivity index (χ1v) is 5.98. The van der Waals surface area contributed by atoms with E-state index in [1.54, 1.807) is 24.3 Å². The summed E-state index contributed by atoms with van der Waals surface area (Å²) in [5.41, 5.74) is 1.11. The topological polar surface area (TPSA) is 55.4 Å². The molecule has 4 nitrogen and oxygen atoms in total. The summed E-state index contributed by atoms with van der Waals surface area (Å²) in [5.74, 6) is -0.457. The maximum absolute atomic E-state index is 11.6. The largest absolute Gasteiger partial charge is 0.421 e. The van der Waals surface area contributed by atoms with Gasteiger partial charge in [-0.2, -0.15) is 0 Å². The molecule has 2 heterocycles. The number of hydrogen-bond donors (Lipinski definition) is 1. The van der Waals surface area contributed by atoms with E-state index in [1.807, 2.05) is 0 Å². The molecule has 1 aromatic rings. The minimum absolute atomic E-state index is 0.299. The summed E-state index contributed by atoms with van der Waals surface area (Å²) >= 11 is 6.00. The Morgan fingerprint density at radius 2 is 1.88 bits per heavy atom. The van der Waals surface area contributed by atoms with Crippen LogP contribution in [0, 0.1) is 0 Å². The average Bonchev–Trinajstić information content (AvgIpc) is 2.80. The molecule has 6 heteroatoms. The Morgan fingerprint density at radius 3 is 2.53 bits per heavy atom. The van der Waals surface area contributed by atoms with Crippen LogP contribution < -0.4 is 5.32 Å². The summed E-state index contributed by atoms with van der Waals surface area (Å²) in [5, 5.41) is 2.50. The van der Waals surface area contributed by atoms with E-state index in [2.05, 4.69) is 5.32 Å². The van der Waals surface area contributed by atoms with Crippen molar-refractivity contribution in [1.29, 1.82) is 0 Å². The Hall–Kier alpha value is -1.66. The molecule has 0 aromatic heterocycles. The molecule has 0 bridgehead atoms. The number of carbonyl (C=O) groups is 2. The molecule has 0 atom stereocenters. The number of hydrogen-bond acceptors (Lipinski definition) is 5. The van der Waals surface area contributed by atoms with Crippen molar-refractivity contribution in [2.45, 2.75) is 0 Å². The van der Waals surface area contributed by atoms with E-state index in [-0.39, 0.29) is 5.91 Å². The fourth-order valence-electron chi connectivity index (χ4n) is 1.69. The van der Waals surface area contributed by atoms with E-state index in [4.69, 9.17) is 17.0 Å². The number of fused-ring (bicyclic) bond motifs is 1. The molecular weight excluding hydrogens is 258 g/mol. The van der Waals surface area contributed by atoms with Crippen LogP contribution in [0.5, 0.6) is 0 Å². The van der Waals surface area contributed by atoms with Crippen LogP contribution in [0.3, 0.4) is 0 Å². The normalized spacial score (nSPS) is 22.5. The number of esters is 1. The average molecular weight is 263 g/mol. The third kappa shape index (κ3) is 1.57. The first-order chi connectivity index (χ1) is 8.16. The van der Waals surface area contributed by atoms with E-state index in [0.29, 0.717) is 26.1 Å². The minimum atomic E-state index is -0.436. The molecule has 1 N–H and O–H groups in total. The summed E-state index contributed by atoms with van der Waals surface area (Å²) in [6.45, 7) is 0. The molecule has 84 valence electrons. The van der Waals surface area contributed by atoms with Gasteiger partial charge >= 0.3 is 5.97 Å². The van der Waals surface area contributed by atoms with Gasteiger partial charge in [-0.3, -0.25) is 4.79 Å². The molecule has 2 aliphatic heterocycles. The van der Waals surface area contributed by atoms with Crippen LogP contribution >= 0.6 is 24.0 Å². The van der Waals surface area contributed by atoms with Crippen molar-refractivity contribution in [3.63, 3.8) is 0 Å². The highest BCUT2D eigenvalue weighted by atomic mass is 32.2. The Bertz CT molecular complexity index is 606. The van der Waals surface area contributed by atoms with Gasteiger partial charge in [0.2, 0.25) is 0 Å². The smallest absolute Gasteiger partial charge is 0.344 e. The summed E-state index contributed by atoms with van der Waals surface area (Å²) in [7, 11) is 0. The molecule has 0 radical (unpaired) electrons. The van der Waals surface area contributed by atoms with Crippen LogP contribution in [-0.4, -0.2) is 16.2 Å². The lowest BCUT2D eigenvalue weighted by atomic mass is 10.1. The zero-order valence-corrected chi connectivity index (χ0v) is 9.98. The van der Waals surface area contributed by atoms with Crippen molar-refractivity contribution in [3.8, 4) is 0 Å². The number of ether oxygens (including phenoxy) is 1. The maximum Gasteiger partial charge on any atom is 0.344 e. The Labute approximate surface area is 106 Å². The van der Waals surface area contributed by atoms with Gasteiger partial charge in [-0.1, -0.05) is 42.2 Å². The number of cyclic esters (lactones) is 1. The first kappa shape index (κ1) is 10.5. The van der Waals surface area contributed by atoms with Gasteiger partial charge in [0, 0.05) is 5.56 Å². The van der Waals surface area contributed by atoms with Gasteiger partial charge in [0.15, 0.2) is 5.76 Å². The Kier molecular flexibility index (Phi) is 2.27. The molecule has 2 aliphatic rings. The molecule has 0 unspecified atom stereocenters. The van der Waals surface area contributed by atoms with Crippen LogP contribution in [0.15, 0.2) is 29.2 Å². The zero-order valence-electron chi connectivity index (χ0n) is 8.35. The predicted molar refractivity (Wildman–Crippen MR) is 67.1 cm³/mol. The number of thiocarbonyl (C=S) groups is 1. The maximum atomic E-state index is 11.6. The number of carbonyl (C=O) groups excluding carboxylic acids is 2. The number of rotatable bonds is 0. The van der Waals surface area contributed by atoms with Gasteiger partial charge in [0.05, 0.1) is 5.56 Å². The molecule has 0 spiro atoms. The van der Waals surface area contributed by atoms with E-state index < -0.39 is 5.97 Å². The highest BCUT2D eigenvalue weighted by molar-refractivity contribution is 8.26. The van der Waals surface area contributed by atoms with Crippen LogP contribution in [0.4, 0.5) is 0 Å². The molecule has 17 heavy (non-hydrogen) atoms.